The van der Waals surface area contributed by atoms with Gasteiger partial charge in [-0.3, -0.25) is 4.79 Å². The Hall–Kier alpha value is -2.28. The predicted molar refractivity (Wildman–Crippen MR) is 94.5 cm³/mol. The van der Waals surface area contributed by atoms with Gasteiger partial charge in [-0.25, -0.2) is 0 Å². The first-order valence-electron chi connectivity index (χ1n) is 7.21. The van der Waals surface area contributed by atoms with Crippen molar-refractivity contribution in [2.24, 2.45) is 0 Å². The van der Waals surface area contributed by atoms with E-state index in [-0.39, 0.29) is 10.2 Å². The highest BCUT2D eigenvalue weighted by molar-refractivity contribution is 9.10. The van der Waals surface area contributed by atoms with E-state index < -0.39 is 17.6 Å². The average Bonchev–Trinajstić information content (AvgIpc) is 2.54. The molecule has 0 bridgehead atoms. The molecule has 0 radical (unpaired) electrons. The molecule has 0 fully saturated rings. The fourth-order valence-corrected chi connectivity index (χ4v) is 2.63. The third-order valence-electron chi connectivity index (χ3n) is 3.34. The van der Waals surface area contributed by atoms with E-state index in [1.165, 1.54) is 25.3 Å². The van der Waals surface area contributed by atoms with Crippen LogP contribution in [0.3, 0.4) is 0 Å². The number of nitrogens with one attached hydrogen (secondary N) is 1. The van der Waals surface area contributed by atoms with E-state index in [0.717, 1.165) is 11.6 Å². The first-order chi connectivity index (χ1) is 11.7. The molecule has 0 spiro atoms. The molecule has 0 aliphatic heterocycles. The quantitative estimate of drug-likeness (QED) is 0.677. The monoisotopic (exact) mass is 413 g/mol. The van der Waals surface area contributed by atoms with E-state index in [0.29, 0.717) is 11.3 Å². The molecule has 0 saturated heterocycles. The molecule has 0 aliphatic carbocycles. The first kappa shape index (κ1) is 19.1. The average molecular weight is 414 g/mol. The fraction of sp³-hybridized carbons (Fsp3) is 0.167. The van der Waals surface area contributed by atoms with Crippen LogP contribution in [0, 0.1) is 6.92 Å². The van der Waals surface area contributed by atoms with Gasteiger partial charge in [0.05, 0.1) is 12.7 Å². The molecule has 3 nitrogen and oxygen atoms in total. The van der Waals surface area contributed by atoms with Gasteiger partial charge in [0, 0.05) is 21.8 Å². The Morgan fingerprint density at radius 2 is 1.92 bits per heavy atom. The van der Waals surface area contributed by atoms with Crippen molar-refractivity contribution in [2.45, 2.75) is 13.1 Å². The number of hydrogen-bond acceptors (Lipinski definition) is 2. The smallest absolute Gasteiger partial charge is 0.417 e. The Bertz CT molecular complexity index is 816. The van der Waals surface area contributed by atoms with Crippen molar-refractivity contribution in [2.75, 3.05) is 12.4 Å². The Labute approximate surface area is 151 Å². The van der Waals surface area contributed by atoms with Crippen LogP contribution in [-0.4, -0.2) is 13.0 Å². The molecule has 7 heteroatoms. The summed E-state index contributed by atoms with van der Waals surface area (Å²) in [6, 6.07) is 8.99. The maximum absolute atomic E-state index is 12.9. The summed E-state index contributed by atoms with van der Waals surface area (Å²) in [5.41, 5.74) is 0.893. The second-order valence-corrected chi connectivity index (χ2v) is 6.11. The largest absolute Gasteiger partial charge is 0.496 e. The number of methoxy groups -OCH3 is 1. The Morgan fingerprint density at radius 3 is 2.56 bits per heavy atom. The number of ether oxygens (including phenoxy) is 1. The minimum Gasteiger partial charge on any atom is -0.496 e. The van der Waals surface area contributed by atoms with Crippen molar-refractivity contribution >= 4 is 33.6 Å². The number of hydrogen-bond donors (Lipinski definition) is 1. The highest BCUT2D eigenvalue weighted by atomic mass is 79.9. The van der Waals surface area contributed by atoms with Crippen LogP contribution in [0.25, 0.3) is 6.08 Å². The number of amides is 1. The minimum absolute atomic E-state index is 0.0568. The summed E-state index contributed by atoms with van der Waals surface area (Å²) in [7, 11) is 1.52. The molecule has 25 heavy (non-hydrogen) atoms. The first-order valence-corrected chi connectivity index (χ1v) is 8.00. The van der Waals surface area contributed by atoms with Crippen molar-refractivity contribution in [3.8, 4) is 5.75 Å². The van der Waals surface area contributed by atoms with Crippen LogP contribution in [0.15, 0.2) is 46.9 Å². The van der Waals surface area contributed by atoms with Crippen molar-refractivity contribution in [1.29, 1.82) is 0 Å². The lowest BCUT2D eigenvalue weighted by Crippen LogP contribution is -2.11. The van der Waals surface area contributed by atoms with Crippen molar-refractivity contribution in [3.63, 3.8) is 0 Å². The Kier molecular flexibility index (Phi) is 5.89. The van der Waals surface area contributed by atoms with Gasteiger partial charge in [-0.1, -0.05) is 27.6 Å². The summed E-state index contributed by atoms with van der Waals surface area (Å²) < 4.78 is 43.8. The summed E-state index contributed by atoms with van der Waals surface area (Å²) in [6.07, 6.45) is -1.72. The van der Waals surface area contributed by atoms with Gasteiger partial charge in [-0.15, -0.1) is 0 Å². The van der Waals surface area contributed by atoms with E-state index >= 15 is 0 Å². The van der Waals surface area contributed by atoms with Gasteiger partial charge in [-0.05, 0) is 43.3 Å². The molecule has 0 unspecified atom stereocenters. The molecule has 0 saturated carbocycles. The Balaban J connectivity index is 2.17. The SMILES string of the molecule is COc1ccc(C)cc1/C=C/C(=O)Nc1ccc(Br)c(C(F)(F)F)c1. The number of carbonyl (C=O) groups is 1. The van der Waals surface area contributed by atoms with Crippen LogP contribution in [0.5, 0.6) is 5.75 Å². The van der Waals surface area contributed by atoms with Gasteiger partial charge in [-0.2, -0.15) is 13.2 Å². The summed E-state index contributed by atoms with van der Waals surface area (Å²) in [6.45, 7) is 1.90. The van der Waals surface area contributed by atoms with Gasteiger partial charge >= 0.3 is 6.18 Å². The zero-order chi connectivity index (χ0) is 18.6. The van der Waals surface area contributed by atoms with Crippen LogP contribution >= 0.6 is 15.9 Å². The van der Waals surface area contributed by atoms with E-state index in [9.17, 15) is 18.0 Å². The molecule has 2 rings (SSSR count). The Morgan fingerprint density at radius 1 is 1.20 bits per heavy atom. The van der Waals surface area contributed by atoms with E-state index in [2.05, 4.69) is 21.2 Å². The number of anilines is 1. The summed E-state index contributed by atoms with van der Waals surface area (Å²) in [4.78, 5) is 12.0. The van der Waals surface area contributed by atoms with Crippen LogP contribution in [0.2, 0.25) is 0 Å². The van der Waals surface area contributed by atoms with E-state index in [1.54, 1.807) is 12.1 Å². The van der Waals surface area contributed by atoms with Crippen LogP contribution in [0.1, 0.15) is 16.7 Å². The second kappa shape index (κ2) is 7.74. The zero-order valence-electron chi connectivity index (χ0n) is 13.4. The normalized spacial score (nSPS) is 11.6. The maximum Gasteiger partial charge on any atom is 0.417 e. The minimum atomic E-state index is -4.51. The number of halogens is 4. The van der Waals surface area contributed by atoms with Gasteiger partial charge in [0.15, 0.2) is 0 Å². The van der Waals surface area contributed by atoms with Crippen LogP contribution in [-0.2, 0) is 11.0 Å². The van der Waals surface area contributed by atoms with Gasteiger partial charge < -0.3 is 10.1 Å². The molecule has 1 N–H and O–H groups in total. The lowest BCUT2D eigenvalue weighted by atomic mass is 10.1. The van der Waals surface area contributed by atoms with Gasteiger partial charge in [0.2, 0.25) is 5.91 Å². The van der Waals surface area contributed by atoms with Crippen molar-refractivity contribution < 1.29 is 22.7 Å². The molecular formula is C18H15BrF3NO2. The zero-order valence-corrected chi connectivity index (χ0v) is 15.0. The summed E-state index contributed by atoms with van der Waals surface area (Å²) in [5, 5.41) is 2.42. The fourth-order valence-electron chi connectivity index (χ4n) is 2.15. The number of rotatable bonds is 4. The van der Waals surface area contributed by atoms with Gasteiger partial charge in [0.1, 0.15) is 5.75 Å². The third-order valence-corrected chi connectivity index (χ3v) is 4.03. The lowest BCUT2D eigenvalue weighted by Gasteiger charge is -2.11. The molecule has 132 valence electrons. The van der Waals surface area contributed by atoms with Crippen LogP contribution in [0.4, 0.5) is 18.9 Å². The van der Waals surface area contributed by atoms with Crippen molar-refractivity contribution in [1.82, 2.24) is 0 Å². The predicted octanol–water partition coefficient (Wildman–Crippen LogP) is 5.44. The topological polar surface area (TPSA) is 38.3 Å². The lowest BCUT2D eigenvalue weighted by molar-refractivity contribution is -0.138. The number of carbonyl (C=O) groups excluding carboxylic acids is 1. The van der Waals surface area contributed by atoms with Crippen molar-refractivity contribution in [3.05, 3.63) is 63.6 Å². The summed E-state index contributed by atoms with van der Waals surface area (Å²) >= 11 is 2.86. The van der Waals surface area contributed by atoms with E-state index in [4.69, 9.17) is 4.74 Å². The molecule has 1 amide bonds. The molecule has 2 aromatic carbocycles. The third kappa shape index (κ3) is 5.09. The highest BCUT2D eigenvalue weighted by Crippen LogP contribution is 2.36. The number of alkyl halides is 3. The molecule has 0 atom stereocenters. The number of aryl methyl sites for hydroxylation is 1. The molecule has 0 aromatic heterocycles. The highest BCUT2D eigenvalue weighted by Gasteiger charge is 2.33. The summed E-state index contributed by atoms with van der Waals surface area (Å²) in [5.74, 6) is 0.0525. The molecular weight excluding hydrogens is 399 g/mol. The van der Waals surface area contributed by atoms with Crippen LogP contribution < -0.4 is 10.1 Å². The molecule has 0 heterocycles. The number of benzene rings is 2. The van der Waals surface area contributed by atoms with Gasteiger partial charge in [0.25, 0.3) is 0 Å². The molecule has 0 aliphatic rings. The maximum atomic E-state index is 12.9. The second-order valence-electron chi connectivity index (χ2n) is 5.26. The van der Waals surface area contributed by atoms with E-state index in [1.807, 2.05) is 19.1 Å². The molecule has 2 aromatic rings. The standard InChI is InChI=1S/C18H15BrF3NO2/c1-11-3-7-16(25-2)12(9-11)4-8-17(24)23-13-5-6-15(19)14(10-13)18(20,21)22/h3-10H,1-2H3,(H,23,24)/b8-4+.